The second-order valence-electron chi connectivity index (χ2n) is 4.10. The number of nitrogens with zero attached hydrogens (tertiary/aromatic N) is 1. The third-order valence-corrected chi connectivity index (χ3v) is 2.55. The molecule has 1 unspecified atom stereocenters. The Bertz CT molecular complexity index is 326. The highest BCUT2D eigenvalue weighted by Gasteiger charge is 2.15. The number of nitrogens with one attached hydrogen (secondary N) is 1. The van der Waals surface area contributed by atoms with E-state index in [0.29, 0.717) is 16.8 Å². The largest absolute Gasteiger partial charge is 0.383 e. The molecule has 1 heterocycles. The third-order valence-electron chi connectivity index (χ3n) is 2.35. The van der Waals surface area contributed by atoms with Crippen molar-refractivity contribution in [1.82, 2.24) is 10.3 Å². The van der Waals surface area contributed by atoms with Gasteiger partial charge in [-0.1, -0.05) is 25.4 Å². The summed E-state index contributed by atoms with van der Waals surface area (Å²) in [4.78, 5) is 4.06. The predicted octanol–water partition coefficient (Wildman–Crippen LogP) is 2.62. The molecule has 1 aromatic rings. The maximum Gasteiger partial charge on any atom is 0.128 e. The van der Waals surface area contributed by atoms with Crippen molar-refractivity contribution in [2.45, 2.75) is 26.3 Å². The van der Waals surface area contributed by atoms with E-state index in [4.69, 9.17) is 17.3 Å². The van der Waals surface area contributed by atoms with Gasteiger partial charge in [-0.05, 0) is 25.5 Å². The Morgan fingerprint density at radius 1 is 1.53 bits per heavy atom. The molecule has 0 radical (unpaired) electrons. The number of nitrogens with two attached hydrogens (primary N) is 1. The first-order valence-electron chi connectivity index (χ1n) is 5.12. The molecule has 3 nitrogen and oxygen atoms in total. The minimum absolute atomic E-state index is 0.219. The zero-order valence-corrected chi connectivity index (χ0v) is 10.2. The number of anilines is 1. The zero-order chi connectivity index (χ0) is 11.4. The Hall–Kier alpha value is -0.800. The van der Waals surface area contributed by atoms with Crippen LogP contribution in [0.3, 0.4) is 0 Å². The molecule has 84 valence electrons. The topological polar surface area (TPSA) is 50.9 Å². The van der Waals surface area contributed by atoms with Crippen molar-refractivity contribution < 1.29 is 0 Å². The van der Waals surface area contributed by atoms with Gasteiger partial charge >= 0.3 is 0 Å². The first-order chi connectivity index (χ1) is 7.04. The molecule has 0 spiro atoms. The van der Waals surface area contributed by atoms with Gasteiger partial charge in [0.1, 0.15) is 5.82 Å². The second-order valence-corrected chi connectivity index (χ2v) is 4.54. The molecule has 0 aliphatic heterocycles. The molecule has 1 atom stereocenters. The summed E-state index contributed by atoms with van der Waals surface area (Å²) in [5.41, 5.74) is 6.82. The maximum atomic E-state index is 5.91. The lowest BCUT2D eigenvalue weighted by Crippen LogP contribution is -2.20. The van der Waals surface area contributed by atoms with Crippen LogP contribution < -0.4 is 11.1 Å². The minimum atomic E-state index is 0.219. The van der Waals surface area contributed by atoms with Gasteiger partial charge < -0.3 is 11.1 Å². The van der Waals surface area contributed by atoms with Gasteiger partial charge in [-0.25, -0.2) is 4.98 Å². The molecule has 0 fully saturated rings. The van der Waals surface area contributed by atoms with E-state index in [-0.39, 0.29) is 6.04 Å². The summed E-state index contributed by atoms with van der Waals surface area (Å²) in [6.45, 7) is 4.36. The van der Waals surface area contributed by atoms with Crippen LogP contribution in [0.5, 0.6) is 0 Å². The van der Waals surface area contributed by atoms with Crippen LogP contribution in [-0.4, -0.2) is 12.0 Å². The van der Waals surface area contributed by atoms with Crippen molar-refractivity contribution in [3.05, 3.63) is 22.8 Å². The Kier molecular flexibility index (Phi) is 4.36. The highest BCUT2D eigenvalue weighted by molar-refractivity contribution is 6.30. The summed E-state index contributed by atoms with van der Waals surface area (Å²) in [6, 6.07) is 2.10. The summed E-state index contributed by atoms with van der Waals surface area (Å²) < 4.78 is 0. The highest BCUT2D eigenvalue weighted by atomic mass is 35.5. The molecule has 0 saturated carbocycles. The molecular weight excluding hydrogens is 210 g/mol. The molecule has 0 amide bonds. The van der Waals surface area contributed by atoms with Crippen LogP contribution in [0.25, 0.3) is 0 Å². The molecule has 0 aromatic carbocycles. The SMILES string of the molecule is CNC(CC(C)C)c1cc(Cl)cnc1N. The Morgan fingerprint density at radius 2 is 2.20 bits per heavy atom. The minimum Gasteiger partial charge on any atom is -0.383 e. The van der Waals surface area contributed by atoms with Crippen LogP contribution in [0.4, 0.5) is 5.82 Å². The molecule has 1 rings (SSSR count). The fourth-order valence-corrected chi connectivity index (χ4v) is 1.78. The van der Waals surface area contributed by atoms with Gasteiger partial charge in [0, 0.05) is 17.8 Å². The molecule has 15 heavy (non-hydrogen) atoms. The lowest BCUT2D eigenvalue weighted by molar-refractivity contribution is 0.457. The van der Waals surface area contributed by atoms with Crippen molar-refractivity contribution in [1.29, 1.82) is 0 Å². The van der Waals surface area contributed by atoms with Crippen LogP contribution in [0.1, 0.15) is 31.9 Å². The number of aromatic nitrogens is 1. The van der Waals surface area contributed by atoms with E-state index in [0.717, 1.165) is 12.0 Å². The van der Waals surface area contributed by atoms with Gasteiger partial charge in [0.2, 0.25) is 0 Å². The molecule has 0 saturated heterocycles. The number of hydrogen-bond donors (Lipinski definition) is 2. The zero-order valence-electron chi connectivity index (χ0n) is 9.42. The summed E-state index contributed by atoms with van der Waals surface area (Å²) in [6.07, 6.45) is 2.59. The summed E-state index contributed by atoms with van der Waals surface area (Å²) in [5, 5.41) is 3.87. The Morgan fingerprint density at radius 3 is 2.73 bits per heavy atom. The molecule has 1 aromatic heterocycles. The molecule has 4 heteroatoms. The van der Waals surface area contributed by atoms with Crippen molar-refractivity contribution in [2.75, 3.05) is 12.8 Å². The standard InChI is InChI=1S/C11H18ClN3/c1-7(2)4-10(14-3)9-5-8(12)6-15-11(9)13/h5-7,10,14H,4H2,1-3H3,(H2,13,15). The smallest absolute Gasteiger partial charge is 0.128 e. The highest BCUT2D eigenvalue weighted by Crippen LogP contribution is 2.26. The number of rotatable bonds is 4. The Balaban J connectivity index is 2.95. The molecule has 0 bridgehead atoms. The van der Waals surface area contributed by atoms with E-state index in [2.05, 4.69) is 24.1 Å². The summed E-state index contributed by atoms with van der Waals surface area (Å²) in [5.74, 6) is 1.15. The maximum absolute atomic E-state index is 5.91. The average Bonchev–Trinajstić information content (AvgIpc) is 2.18. The van der Waals surface area contributed by atoms with Gasteiger partial charge in [-0.15, -0.1) is 0 Å². The van der Waals surface area contributed by atoms with Gasteiger partial charge in [0.15, 0.2) is 0 Å². The first kappa shape index (κ1) is 12.3. The van der Waals surface area contributed by atoms with E-state index >= 15 is 0 Å². The van der Waals surface area contributed by atoms with Crippen molar-refractivity contribution in [2.24, 2.45) is 5.92 Å². The van der Waals surface area contributed by atoms with Crippen LogP contribution in [0.15, 0.2) is 12.3 Å². The van der Waals surface area contributed by atoms with Crippen LogP contribution >= 0.6 is 11.6 Å². The fourth-order valence-electron chi connectivity index (χ4n) is 1.62. The van der Waals surface area contributed by atoms with Gasteiger partial charge in [0.25, 0.3) is 0 Å². The van der Waals surface area contributed by atoms with Crippen LogP contribution in [0, 0.1) is 5.92 Å². The normalized spacial score (nSPS) is 13.1. The van der Waals surface area contributed by atoms with E-state index in [1.54, 1.807) is 6.20 Å². The fraction of sp³-hybridized carbons (Fsp3) is 0.545. The molecule has 0 aliphatic rings. The van der Waals surface area contributed by atoms with E-state index in [1.807, 2.05) is 13.1 Å². The van der Waals surface area contributed by atoms with Crippen LogP contribution in [0.2, 0.25) is 5.02 Å². The van der Waals surface area contributed by atoms with E-state index in [9.17, 15) is 0 Å². The molecule has 0 aliphatic carbocycles. The lowest BCUT2D eigenvalue weighted by Gasteiger charge is -2.20. The lowest BCUT2D eigenvalue weighted by atomic mass is 9.98. The number of hydrogen-bond acceptors (Lipinski definition) is 3. The molecular formula is C11H18ClN3. The van der Waals surface area contributed by atoms with Crippen LogP contribution in [-0.2, 0) is 0 Å². The quantitative estimate of drug-likeness (QED) is 0.832. The van der Waals surface area contributed by atoms with E-state index in [1.165, 1.54) is 0 Å². The van der Waals surface area contributed by atoms with Gasteiger partial charge in [0.05, 0.1) is 5.02 Å². The third kappa shape index (κ3) is 3.36. The number of pyridine rings is 1. The van der Waals surface area contributed by atoms with Gasteiger partial charge in [-0.2, -0.15) is 0 Å². The summed E-state index contributed by atoms with van der Waals surface area (Å²) >= 11 is 5.91. The summed E-state index contributed by atoms with van der Waals surface area (Å²) in [7, 11) is 1.92. The predicted molar refractivity (Wildman–Crippen MR) is 64.9 cm³/mol. The van der Waals surface area contributed by atoms with Crippen molar-refractivity contribution >= 4 is 17.4 Å². The second kappa shape index (κ2) is 5.33. The Labute approximate surface area is 96.0 Å². The van der Waals surface area contributed by atoms with Crippen molar-refractivity contribution in [3.8, 4) is 0 Å². The van der Waals surface area contributed by atoms with E-state index < -0.39 is 0 Å². The first-order valence-corrected chi connectivity index (χ1v) is 5.50. The number of halogens is 1. The van der Waals surface area contributed by atoms with Gasteiger partial charge in [-0.3, -0.25) is 0 Å². The molecule has 3 N–H and O–H groups in total. The number of nitrogen functional groups attached to an aromatic ring is 1. The average molecular weight is 228 g/mol. The monoisotopic (exact) mass is 227 g/mol. The van der Waals surface area contributed by atoms with Crippen molar-refractivity contribution in [3.63, 3.8) is 0 Å².